The number of aromatic nitrogens is 1. The zero-order valence-electron chi connectivity index (χ0n) is 16.6. The monoisotopic (exact) mass is 424 g/mol. The van der Waals surface area contributed by atoms with E-state index in [0.29, 0.717) is 27.9 Å². The number of fused-ring (bicyclic) bond motifs is 1. The Hall–Kier alpha value is -3.39. The van der Waals surface area contributed by atoms with Gasteiger partial charge < -0.3 is 19.5 Å². The summed E-state index contributed by atoms with van der Waals surface area (Å²) in [6.07, 6.45) is 1.07. The lowest BCUT2D eigenvalue weighted by atomic mass is 10.1. The lowest BCUT2D eigenvalue weighted by Gasteiger charge is -2.07. The molecule has 0 saturated carbocycles. The highest BCUT2D eigenvalue weighted by Gasteiger charge is 2.23. The van der Waals surface area contributed by atoms with E-state index in [0.717, 1.165) is 23.3 Å². The minimum atomic E-state index is -0.580. The van der Waals surface area contributed by atoms with Crippen LogP contribution in [0.2, 0.25) is 0 Å². The summed E-state index contributed by atoms with van der Waals surface area (Å²) in [5.41, 5.74) is 2.84. The molecule has 1 amide bonds. The van der Waals surface area contributed by atoms with Gasteiger partial charge in [-0.1, -0.05) is 35.6 Å². The largest absolute Gasteiger partial charge is 0.496 e. The number of thiazole rings is 1. The molecule has 0 bridgehead atoms. The molecule has 154 valence electrons. The predicted molar refractivity (Wildman–Crippen MR) is 113 cm³/mol. The number of ether oxygens (including phenoxy) is 3. The summed E-state index contributed by atoms with van der Waals surface area (Å²) in [6.45, 7) is 0.673. The van der Waals surface area contributed by atoms with Crippen LogP contribution >= 0.6 is 11.3 Å². The van der Waals surface area contributed by atoms with Gasteiger partial charge in [-0.3, -0.25) is 4.79 Å². The topological polar surface area (TPSA) is 86.8 Å². The van der Waals surface area contributed by atoms with Crippen molar-refractivity contribution >= 4 is 28.3 Å². The maximum absolute atomic E-state index is 12.6. The average Bonchev–Trinajstić information content (AvgIpc) is 3.39. The smallest absolute Gasteiger partial charge is 0.358 e. The molecule has 1 aliphatic heterocycles. The molecule has 1 aromatic heterocycles. The van der Waals surface area contributed by atoms with Crippen molar-refractivity contribution in [3.63, 3.8) is 0 Å². The van der Waals surface area contributed by atoms with Gasteiger partial charge in [0.05, 0.1) is 32.1 Å². The van der Waals surface area contributed by atoms with Gasteiger partial charge >= 0.3 is 5.97 Å². The van der Waals surface area contributed by atoms with Crippen LogP contribution < -0.4 is 14.8 Å². The molecule has 7 nitrogen and oxygen atoms in total. The Morgan fingerprint density at radius 1 is 1.20 bits per heavy atom. The molecule has 2 heterocycles. The number of carbonyl (C=O) groups is 2. The third-order valence-electron chi connectivity index (χ3n) is 4.73. The molecule has 0 saturated heterocycles. The maximum atomic E-state index is 12.6. The molecule has 4 rings (SSSR count). The second-order valence-electron chi connectivity index (χ2n) is 6.65. The van der Waals surface area contributed by atoms with Gasteiger partial charge in [0.2, 0.25) is 5.91 Å². The first-order valence-corrected chi connectivity index (χ1v) is 10.2. The number of anilines is 1. The highest BCUT2D eigenvalue weighted by molar-refractivity contribution is 7.19. The molecular formula is C22H20N2O5S. The fourth-order valence-electron chi connectivity index (χ4n) is 3.29. The number of para-hydroxylation sites is 1. The van der Waals surface area contributed by atoms with Gasteiger partial charge in [-0.25, -0.2) is 9.78 Å². The Bertz CT molecular complexity index is 1110. The van der Waals surface area contributed by atoms with Crippen molar-refractivity contribution in [1.82, 2.24) is 4.98 Å². The first kappa shape index (κ1) is 19.9. The third kappa shape index (κ3) is 3.99. The van der Waals surface area contributed by atoms with E-state index in [9.17, 15) is 9.59 Å². The van der Waals surface area contributed by atoms with Gasteiger partial charge in [0.15, 0.2) is 10.8 Å². The lowest BCUT2D eigenvalue weighted by molar-refractivity contribution is -0.115. The average molecular weight is 424 g/mol. The van der Waals surface area contributed by atoms with E-state index in [4.69, 9.17) is 14.2 Å². The second kappa shape index (κ2) is 8.54. The van der Waals surface area contributed by atoms with Crippen molar-refractivity contribution in [3.8, 4) is 21.9 Å². The summed E-state index contributed by atoms with van der Waals surface area (Å²) < 4.78 is 15.8. The summed E-state index contributed by atoms with van der Waals surface area (Å²) in [7, 11) is 2.85. The Kier molecular flexibility index (Phi) is 5.67. The van der Waals surface area contributed by atoms with Crippen LogP contribution in [0.15, 0.2) is 42.5 Å². The van der Waals surface area contributed by atoms with Gasteiger partial charge in [-0.15, -0.1) is 0 Å². The fraction of sp³-hybridized carbons (Fsp3) is 0.227. The van der Waals surface area contributed by atoms with Crippen LogP contribution in [0.25, 0.3) is 10.4 Å². The molecular weight excluding hydrogens is 404 g/mol. The summed E-state index contributed by atoms with van der Waals surface area (Å²) in [6, 6.07) is 13.1. The molecule has 0 unspecified atom stereocenters. The molecule has 1 N–H and O–H groups in total. The van der Waals surface area contributed by atoms with Crippen LogP contribution in [0.3, 0.4) is 0 Å². The van der Waals surface area contributed by atoms with Crippen molar-refractivity contribution in [2.24, 2.45) is 0 Å². The second-order valence-corrected chi connectivity index (χ2v) is 7.65. The molecule has 3 aromatic rings. The molecule has 30 heavy (non-hydrogen) atoms. The number of amides is 1. The number of nitrogens with zero attached hydrogens (tertiary/aromatic N) is 1. The molecule has 2 aromatic carbocycles. The van der Waals surface area contributed by atoms with E-state index in [2.05, 4.69) is 10.3 Å². The lowest BCUT2D eigenvalue weighted by Crippen LogP contribution is -2.14. The number of carbonyl (C=O) groups excluding carboxylic acids is 2. The minimum absolute atomic E-state index is 0.133. The Morgan fingerprint density at radius 2 is 2.03 bits per heavy atom. The van der Waals surface area contributed by atoms with Gasteiger partial charge in [0.25, 0.3) is 0 Å². The van der Waals surface area contributed by atoms with E-state index in [-0.39, 0.29) is 18.0 Å². The first-order valence-electron chi connectivity index (χ1n) is 9.36. The van der Waals surface area contributed by atoms with Crippen molar-refractivity contribution in [2.75, 3.05) is 26.1 Å². The van der Waals surface area contributed by atoms with E-state index < -0.39 is 5.97 Å². The van der Waals surface area contributed by atoms with Gasteiger partial charge in [0.1, 0.15) is 11.5 Å². The highest BCUT2D eigenvalue weighted by Crippen LogP contribution is 2.38. The van der Waals surface area contributed by atoms with Crippen molar-refractivity contribution in [1.29, 1.82) is 0 Å². The normalized spacial score (nSPS) is 12.1. The van der Waals surface area contributed by atoms with E-state index in [1.807, 2.05) is 36.4 Å². The summed E-state index contributed by atoms with van der Waals surface area (Å²) >= 11 is 1.20. The van der Waals surface area contributed by atoms with E-state index >= 15 is 0 Å². The van der Waals surface area contributed by atoms with Crippen LogP contribution in [-0.2, 0) is 22.4 Å². The van der Waals surface area contributed by atoms with Crippen LogP contribution in [0.5, 0.6) is 11.5 Å². The Labute approximate surface area is 177 Å². The van der Waals surface area contributed by atoms with Crippen LogP contribution in [0, 0.1) is 0 Å². The Morgan fingerprint density at radius 3 is 2.83 bits per heavy atom. The standard InChI is InChI=1S/C22H20N2O5S/c1-27-16-6-4-3-5-15(16)20-19(21(26)28-2)24-22(30-20)23-18(25)12-13-7-8-14-9-10-29-17(14)11-13/h3-8,11H,9-10,12H2,1-2H3,(H,23,24,25). The molecule has 1 aliphatic rings. The summed E-state index contributed by atoms with van der Waals surface area (Å²) in [5, 5.41) is 3.10. The number of benzene rings is 2. The number of methoxy groups -OCH3 is 2. The summed E-state index contributed by atoms with van der Waals surface area (Å²) in [5.74, 6) is 0.622. The maximum Gasteiger partial charge on any atom is 0.358 e. The van der Waals surface area contributed by atoms with Gasteiger partial charge in [0, 0.05) is 12.0 Å². The van der Waals surface area contributed by atoms with Gasteiger partial charge in [-0.2, -0.15) is 0 Å². The number of rotatable bonds is 6. The third-order valence-corrected chi connectivity index (χ3v) is 5.73. The predicted octanol–water partition coefficient (Wildman–Crippen LogP) is 3.72. The SMILES string of the molecule is COC(=O)c1nc(NC(=O)Cc2ccc3c(c2)OCC3)sc1-c1ccccc1OC. The number of nitrogens with one attached hydrogen (secondary N) is 1. The van der Waals surface area contributed by atoms with Crippen LogP contribution in [-0.4, -0.2) is 37.7 Å². The molecule has 0 fully saturated rings. The number of esters is 1. The highest BCUT2D eigenvalue weighted by atomic mass is 32.1. The van der Waals surface area contributed by atoms with Crippen molar-refractivity contribution in [3.05, 3.63) is 59.3 Å². The summed E-state index contributed by atoms with van der Waals surface area (Å²) in [4.78, 5) is 29.7. The van der Waals surface area contributed by atoms with Crippen LogP contribution in [0.4, 0.5) is 5.13 Å². The minimum Gasteiger partial charge on any atom is -0.496 e. The zero-order valence-corrected chi connectivity index (χ0v) is 17.4. The molecule has 0 radical (unpaired) electrons. The first-order chi connectivity index (χ1) is 14.6. The van der Waals surface area contributed by atoms with E-state index in [1.54, 1.807) is 13.2 Å². The fourth-order valence-corrected chi connectivity index (χ4v) is 4.29. The number of hydrogen-bond acceptors (Lipinski definition) is 7. The quantitative estimate of drug-likeness (QED) is 0.607. The van der Waals surface area contributed by atoms with Crippen LogP contribution in [0.1, 0.15) is 21.6 Å². The van der Waals surface area contributed by atoms with E-state index in [1.165, 1.54) is 18.4 Å². The van der Waals surface area contributed by atoms with Gasteiger partial charge in [-0.05, 0) is 29.3 Å². The Balaban J connectivity index is 1.57. The molecule has 0 spiro atoms. The number of hydrogen-bond donors (Lipinski definition) is 1. The molecule has 0 aliphatic carbocycles. The zero-order chi connectivity index (χ0) is 21.1. The molecule has 8 heteroatoms. The van der Waals surface area contributed by atoms with Crippen molar-refractivity contribution < 1.29 is 23.8 Å². The molecule has 0 atom stereocenters. The van der Waals surface area contributed by atoms with Crippen molar-refractivity contribution in [2.45, 2.75) is 12.8 Å².